The topological polar surface area (TPSA) is 36.9 Å². The highest BCUT2D eigenvalue weighted by molar-refractivity contribution is 6.30. The van der Waals surface area contributed by atoms with Crippen LogP contribution in [0.3, 0.4) is 0 Å². The van der Waals surface area contributed by atoms with Gasteiger partial charge < -0.3 is 18.9 Å². The minimum absolute atomic E-state index is 0.346. The summed E-state index contributed by atoms with van der Waals surface area (Å²) >= 11 is 5.85. The molecule has 0 amide bonds. The standard InChI is InChI=1S/C18H21ClO4/c1-3-20-18(21-4-2)13-22-15-9-11-17(12-10-15)23-16-7-5-14(19)6-8-16/h5-12,18H,3-4,13H2,1-2H3. The Kier molecular flexibility index (Phi) is 7.20. The van der Waals surface area contributed by atoms with Gasteiger partial charge in [-0.25, -0.2) is 0 Å². The van der Waals surface area contributed by atoms with E-state index in [2.05, 4.69) is 0 Å². The molecular weight excluding hydrogens is 316 g/mol. The van der Waals surface area contributed by atoms with Gasteiger partial charge in [0.05, 0.1) is 0 Å². The summed E-state index contributed by atoms with van der Waals surface area (Å²) in [6.45, 7) is 5.37. The van der Waals surface area contributed by atoms with E-state index >= 15 is 0 Å². The monoisotopic (exact) mass is 336 g/mol. The lowest BCUT2D eigenvalue weighted by molar-refractivity contribution is -0.152. The molecule has 0 N–H and O–H groups in total. The summed E-state index contributed by atoms with van der Waals surface area (Å²) in [6.07, 6.45) is -0.352. The number of hydrogen-bond donors (Lipinski definition) is 0. The predicted molar refractivity (Wildman–Crippen MR) is 90.5 cm³/mol. The molecule has 0 aromatic heterocycles. The smallest absolute Gasteiger partial charge is 0.191 e. The first-order valence-electron chi connectivity index (χ1n) is 7.60. The molecule has 0 heterocycles. The van der Waals surface area contributed by atoms with E-state index in [-0.39, 0.29) is 6.29 Å². The quantitative estimate of drug-likeness (QED) is 0.610. The molecule has 5 heteroatoms. The summed E-state index contributed by atoms with van der Waals surface area (Å²) in [7, 11) is 0. The van der Waals surface area contributed by atoms with Gasteiger partial charge in [0.25, 0.3) is 0 Å². The molecule has 2 aromatic rings. The van der Waals surface area contributed by atoms with Gasteiger partial charge in [0.1, 0.15) is 23.9 Å². The maximum Gasteiger partial charge on any atom is 0.191 e. The Morgan fingerprint density at radius 3 is 1.78 bits per heavy atom. The molecule has 2 rings (SSSR count). The highest BCUT2D eigenvalue weighted by Crippen LogP contribution is 2.25. The fraction of sp³-hybridized carbons (Fsp3) is 0.333. The Morgan fingerprint density at radius 2 is 1.26 bits per heavy atom. The molecule has 0 aliphatic heterocycles. The van der Waals surface area contributed by atoms with Crippen LogP contribution in [-0.2, 0) is 9.47 Å². The summed E-state index contributed by atoms with van der Waals surface area (Å²) in [5.41, 5.74) is 0. The van der Waals surface area contributed by atoms with Crippen molar-refractivity contribution in [3.63, 3.8) is 0 Å². The average Bonchev–Trinajstić information content (AvgIpc) is 2.56. The second-order valence-electron chi connectivity index (χ2n) is 4.68. The van der Waals surface area contributed by atoms with E-state index in [9.17, 15) is 0 Å². The van der Waals surface area contributed by atoms with Gasteiger partial charge in [-0.05, 0) is 62.4 Å². The van der Waals surface area contributed by atoms with Gasteiger partial charge in [-0.1, -0.05) is 11.6 Å². The Labute approximate surface area is 141 Å². The first-order chi connectivity index (χ1) is 11.2. The number of halogens is 1. The molecule has 0 aliphatic rings. The maximum atomic E-state index is 5.85. The van der Waals surface area contributed by atoms with E-state index in [0.29, 0.717) is 24.8 Å². The molecule has 0 fully saturated rings. The van der Waals surface area contributed by atoms with E-state index in [0.717, 1.165) is 17.2 Å². The van der Waals surface area contributed by atoms with Crippen molar-refractivity contribution in [1.29, 1.82) is 0 Å². The lowest BCUT2D eigenvalue weighted by Gasteiger charge is -2.17. The molecule has 0 unspecified atom stereocenters. The summed E-state index contributed by atoms with van der Waals surface area (Å²) in [5, 5.41) is 0.680. The number of ether oxygens (including phenoxy) is 4. The SMILES string of the molecule is CCOC(COc1ccc(Oc2ccc(Cl)cc2)cc1)OCC. The van der Waals surface area contributed by atoms with Crippen molar-refractivity contribution in [3.8, 4) is 17.2 Å². The van der Waals surface area contributed by atoms with Gasteiger partial charge in [-0.2, -0.15) is 0 Å². The molecule has 23 heavy (non-hydrogen) atoms. The summed E-state index contributed by atoms with van der Waals surface area (Å²) in [6, 6.07) is 14.6. The largest absolute Gasteiger partial charge is 0.488 e. The Morgan fingerprint density at radius 1 is 0.783 bits per heavy atom. The molecule has 0 saturated heterocycles. The van der Waals surface area contributed by atoms with Crippen LogP contribution >= 0.6 is 11.6 Å². The lowest BCUT2D eigenvalue weighted by Crippen LogP contribution is -2.25. The highest BCUT2D eigenvalue weighted by Gasteiger charge is 2.09. The number of hydrogen-bond acceptors (Lipinski definition) is 4. The van der Waals surface area contributed by atoms with Crippen LogP contribution in [0.2, 0.25) is 5.02 Å². The van der Waals surface area contributed by atoms with Gasteiger partial charge in [0.15, 0.2) is 6.29 Å². The number of rotatable bonds is 9. The highest BCUT2D eigenvalue weighted by atomic mass is 35.5. The van der Waals surface area contributed by atoms with Crippen LogP contribution < -0.4 is 9.47 Å². The molecule has 2 aromatic carbocycles. The lowest BCUT2D eigenvalue weighted by atomic mass is 10.3. The van der Waals surface area contributed by atoms with E-state index in [1.807, 2.05) is 50.2 Å². The summed E-state index contributed by atoms with van der Waals surface area (Å²) in [5.74, 6) is 2.19. The third kappa shape index (κ3) is 6.10. The van der Waals surface area contributed by atoms with E-state index in [1.54, 1.807) is 12.1 Å². The fourth-order valence-electron chi connectivity index (χ4n) is 1.92. The van der Waals surface area contributed by atoms with Crippen LogP contribution in [0, 0.1) is 0 Å². The van der Waals surface area contributed by atoms with Crippen molar-refractivity contribution in [2.45, 2.75) is 20.1 Å². The first kappa shape index (κ1) is 17.6. The predicted octanol–water partition coefficient (Wildman–Crippen LogP) is 4.91. The van der Waals surface area contributed by atoms with Crippen LogP contribution in [0.4, 0.5) is 0 Å². The second-order valence-corrected chi connectivity index (χ2v) is 5.12. The van der Waals surface area contributed by atoms with Gasteiger partial charge in [-0.15, -0.1) is 0 Å². The molecule has 0 bridgehead atoms. The molecule has 124 valence electrons. The Hall–Kier alpha value is -1.75. The minimum atomic E-state index is -0.352. The molecular formula is C18H21ClO4. The van der Waals surface area contributed by atoms with E-state index in [1.165, 1.54) is 0 Å². The van der Waals surface area contributed by atoms with Crippen molar-refractivity contribution >= 4 is 11.6 Å². The van der Waals surface area contributed by atoms with Crippen molar-refractivity contribution in [3.05, 3.63) is 53.6 Å². The fourth-order valence-corrected chi connectivity index (χ4v) is 2.05. The number of benzene rings is 2. The van der Waals surface area contributed by atoms with Gasteiger partial charge in [0, 0.05) is 18.2 Å². The van der Waals surface area contributed by atoms with Crippen LogP contribution in [-0.4, -0.2) is 26.1 Å². The van der Waals surface area contributed by atoms with Crippen LogP contribution in [0.5, 0.6) is 17.2 Å². The Bertz CT molecular complexity index is 563. The zero-order chi connectivity index (χ0) is 16.5. The summed E-state index contributed by atoms with van der Waals surface area (Å²) < 4.78 is 22.3. The summed E-state index contributed by atoms with van der Waals surface area (Å²) in [4.78, 5) is 0. The van der Waals surface area contributed by atoms with Crippen LogP contribution in [0.15, 0.2) is 48.5 Å². The van der Waals surface area contributed by atoms with Gasteiger partial charge in [-0.3, -0.25) is 0 Å². The minimum Gasteiger partial charge on any atom is -0.488 e. The normalized spacial score (nSPS) is 10.8. The first-order valence-corrected chi connectivity index (χ1v) is 7.98. The molecule has 0 atom stereocenters. The molecule has 0 radical (unpaired) electrons. The molecule has 4 nitrogen and oxygen atoms in total. The third-order valence-electron chi connectivity index (χ3n) is 2.96. The van der Waals surface area contributed by atoms with E-state index in [4.69, 9.17) is 30.5 Å². The zero-order valence-electron chi connectivity index (χ0n) is 13.3. The molecule has 0 spiro atoms. The van der Waals surface area contributed by atoms with Crippen molar-refractivity contribution in [2.24, 2.45) is 0 Å². The van der Waals surface area contributed by atoms with Crippen molar-refractivity contribution in [2.75, 3.05) is 19.8 Å². The van der Waals surface area contributed by atoms with Gasteiger partial charge in [0.2, 0.25) is 0 Å². The van der Waals surface area contributed by atoms with Gasteiger partial charge >= 0.3 is 0 Å². The maximum absolute atomic E-state index is 5.85. The van der Waals surface area contributed by atoms with E-state index < -0.39 is 0 Å². The van der Waals surface area contributed by atoms with Crippen LogP contribution in [0.1, 0.15) is 13.8 Å². The molecule has 0 aliphatic carbocycles. The van der Waals surface area contributed by atoms with Crippen LogP contribution in [0.25, 0.3) is 0 Å². The molecule has 0 saturated carbocycles. The average molecular weight is 337 g/mol. The van der Waals surface area contributed by atoms with Crippen molar-refractivity contribution in [1.82, 2.24) is 0 Å². The Balaban J connectivity index is 1.87. The zero-order valence-corrected chi connectivity index (χ0v) is 14.1. The third-order valence-corrected chi connectivity index (χ3v) is 3.22. The van der Waals surface area contributed by atoms with Crippen molar-refractivity contribution < 1.29 is 18.9 Å². The second kappa shape index (κ2) is 9.40.